The number of hydrogen-bond donors (Lipinski definition) is 0. The lowest BCUT2D eigenvalue weighted by molar-refractivity contribution is 0.475. The molecule has 6 heteroatoms. The zero-order chi connectivity index (χ0) is 12.4. The Bertz CT molecular complexity index is 227. The van der Waals surface area contributed by atoms with E-state index in [9.17, 15) is 0 Å². The monoisotopic (exact) mass is 250 g/mol. The van der Waals surface area contributed by atoms with Crippen LogP contribution in [0.4, 0.5) is 0 Å². The molecule has 0 atom stereocenters. The summed E-state index contributed by atoms with van der Waals surface area (Å²) in [5.41, 5.74) is 0. The minimum atomic E-state index is -1.65. The summed E-state index contributed by atoms with van der Waals surface area (Å²) in [6.45, 7) is 6.87. The molecule has 0 fully saturated rings. The SMILES string of the molecule is CN(C)P(=N[Si](C)(C)C)(N(C)C)N(C)C. The van der Waals surface area contributed by atoms with Crippen molar-refractivity contribution >= 4 is 15.7 Å². The van der Waals surface area contributed by atoms with Gasteiger partial charge in [0, 0.05) is 0 Å². The van der Waals surface area contributed by atoms with Crippen LogP contribution < -0.4 is 0 Å². The summed E-state index contributed by atoms with van der Waals surface area (Å²) in [6, 6.07) is 0. The van der Waals surface area contributed by atoms with Crippen molar-refractivity contribution in [2.75, 3.05) is 42.3 Å². The van der Waals surface area contributed by atoms with Crippen molar-refractivity contribution in [3.05, 3.63) is 0 Å². The lowest BCUT2D eigenvalue weighted by Gasteiger charge is -2.43. The first kappa shape index (κ1) is 15.3. The fourth-order valence-corrected chi connectivity index (χ4v) is 9.26. The maximum Gasteiger partial charge on any atom is 0.175 e. The normalized spacial score (nSPS) is 14.1. The Morgan fingerprint density at radius 3 is 1.07 bits per heavy atom. The third-order valence-electron chi connectivity index (χ3n) is 2.04. The molecule has 4 nitrogen and oxygen atoms in total. The van der Waals surface area contributed by atoms with Crippen molar-refractivity contribution in [1.82, 2.24) is 14.0 Å². The quantitative estimate of drug-likeness (QED) is 0.565. The largest absolute Gasteiger partial charge is 0.300 e. The third kappa shape index (κ3) is 3.68. The Morgan fingerprint density at radius 1 is 0.733 bits per heavy atom. The van der Waals surface area contributed by atoms with Crippen molar-refractivity contribution < 1.29 is 0 Å². The number of rotatable bonds is 4. The molecule has 0 radical (unpaired) electrons. The molecule has 0 unspecified atom stereocenters. The summed E-state index contributed by atoms with van der Waals surface area (Å²) < 4.78 is 12.0. The molecule has 0 aliphatic rings. The van der Waals surface area contributed by atoms with Crippen molar-refractivity contribution in [3.8, 4) is 0 Å². The van der Waals surface area contributed by atoms with Crippen LogP contribution in [0.3, 0.4) is 0 Å². The minimum Gasteiger partial charge on any atom is -0.300 e. The second-order valence-electron chi connectivity index (χ2n) is 5.35. The highest BCUT2D eigenvalue weighted by Crippen LogP contribution is 2.55. The molecule has 0 spiro atoms. The lowest BCUT2D eigenvalue weighted by Crippen LogP contribution is -2.33. The fraction of sp³-hybridized carbons (Fsp3) is 1.00. The highest BCUT2D eigenvalue weighted by molar-refractivity contribution is 7.60. The van der Waals surface area contributed by atoms with Crippen LogP contribution in [0, 0.1) is 0 Å². The van der Waals surface area contributed by atoms with Gasteiger partial charge in [-0.3, -0.25) is 18.4 Å². The first-order valence-corrected chi connectivity index (χ1v) is 10.3. The molecule has 0 aromatic rings. The molecule has 0 rings (SSSR count). The summed E-state index contributed by atoms with van der Waals surface area (Å²) in [5, 5.41) is 0. The van der Waals surface area contributed by atoms with Crippen LogP contribution in [0.15, 0.2) is 4.41 Å². The van der Waals surface area contributed by atoms with Crippen molar-refractivity contribution in [1.29, 1.82) is 0 Å². The van der Waals surface area contributed by atoms with E-state index in [1.165, 1.54) is 0 Å². The van der Waals surface area contributed by atoms with E-state index in [1.807, 2.05) is 0 Å². The van der Waals surface area contributed by atoms with E-state index >= 15 is 0 Å². The highest BCUT2D eigenvalue weighted by atomic mass is 31.2. The molecule has 0 aromatic carbocycles. The zero-order valence-corrected chi connectivity index (χ0v) is 13.6. The summed E-state index contributed by atoms with van der Waals surface area (Å²) in [7, 11) is 9.66. The van der Waals surface area contributed by atoms with E-state index in [0.717, 1.165) is 0 Å². The predicted octanol–water partition coefficient (Wildman–Crippen LogP) is 2.45. The molecular weight excluding hydrogens is 223 g/mol. The van der Waals surface area contributed by atoms with Crippen molar-refractivity contribution in [2.45, 2.75) is 19.6 Å². The summed E-state index contributed by atoms with van der Waals surface area (Å²) in [5.74, 6) is 0. The van der Waals surface area contributed by atoms with Crippen LogP contribution in [0.25, 0.3) is 0 Å². The van der Waals surface area contributed by atoms with Gasteiger partial charge in [-0.25, -0.2) is 0 Å². The predicted molar refractivity (Wildman–Crippen MR) is 73.8 cm³/mol. The van der Waals surface area contributed by atoms with Gasteiger partial charge in [0.25, 0.3) is 0 Å². The van der Waals surface area contributed by atoms with Gasteiger partial charge in [-0.1, -0.05) is 0 Å². The standard InChI is InChI=1S/C9H27N4PSi/c1-11(2)14(12(3)4,13(5)6)10-15(7,8)9/h1-9H3. The Balaban J connectivity index is 5.65. The molecule has 92 valence electrons. The Kier molecular flexibility index (Phi) is 5.22. The van der Waals surface area contributed by atoms with Crippen molar-refractivity contribution in [2.24, 2.45) is 4.41 Å². The molecule has 0 saturated heterocycles. The topological polar surface area (TPSA) is 22.1 Å². The number of hydrogen-bond acceptors (Lipinski definition) is 1. The van der Waals surface area contributed by atoms with E-state index < -0.39 is 15.7 Å². The Morgan fingerprint density at radius 2 is 1.00 bits per heavy atom. The zero-order valence-electron chi connectivity index (χ0n) is 11.7. The van der Waals surface area contributed by atoms with Crippen molar-refractivity contribution in [3.63, 3.8) is 0 Å². The lowest BCUT2D eigenvalue weighted by atomic mass is 11.2. The van der Waals surface area contributed by atoms with E-state index in [1.54, 1.807) is 0 Å². The number of nitrogens with zero attached hydrogens (tertiary/aromatic N) is 4. The summed E-state index contributed by atoms with van der Waals surface area (Å²) in [6.07, 6.45) is 0. The molecule has 15 heavy (non-hydrogen) atoms. The van der Waals surface area contributed by atoms with Crippen LogP contribution in [0.5, 0.6) is 0 Å². The van der Waals surface area contributed by atoms with E-state index in [4.69, 9.17) is 4.41 Å². The minimum absolute atomic E-state index is 1.43. The summed E-state index contributed by atoms with van der Waals surface area (Å²) in [4.78, 5) is 0. The van der Waals surface area contributed by atoms with Gasteiger partial charge in [0.05, 0.1) is 0 Å². The van der Waals surface area contributed by atoms with Gasteiger partial charge < -0.3 is 0 Å². The maximum atomic E-state index is 5.17. The fourth-order valence-electron chi connectivity index (χ4n) is 1.74. The van der Waals surface area contributed by atoms with Gasteiger partial charge in [0.1, 0.15) is 0 Å². The second-order valence-corrected chi connectivity index (χ2v) is 14.0. The average molecular weight is 250 g/mol. The molecule has 0 bridgehead atoms. The van der Waals surface area contributed by atoms with Crippen LogP contribution in [-0.4, -0.2) is 64.5 Å². The molecule has 0 aromatic heterocycles. The van der Waals surface area contributed by atoms with E-state index in [2.05, 4.69) is 75.9 Å². The summed E-state index contributed by atoms with van der Waals surface area (Å²) >= 11 is 0. The van der Waals surface area contributed by atoms with Crippen LogP contribution in [0.2, 0.25) is 19.6 Å². The van der Waals surface area contributed by atoms with E-state index in [-0.39, 0.29) is 0 Å². The van der Waals surface area contributed by atoms with Crippen LogP contribution >= 0.6 is 7.51 Å². The molecule has 0 saturated carbocycles. The third-order valence-corrected chi connectivity index (χ3v) is 8.74. The first-order valence-electron chi connectivity index (χ1n) is 5.21. The molecule has 0 aliphatic carbocycles. The highest BCUT2D eigenvalue weighted by Gasteiger charge is 2.30. The van der Waals surface area contributed by atoms with Crippen LogP contribution in [0.1, 0.15) is 0 Å². The average Bonchev–Trinajstić information content (AvgIpc) is 1.96. The Labute approximate surface area is 96.6 Å². The Hall–Kier alpha value is 0.327. The maximum absolute atomic E-state index is 5.17. The van der Waals surface area contributed by atoms with Gasteiger partial charge in [0.15, 0.2) is 15.7 Å². The molecule has 0 heterocycles. The van der Waals surface area contributed by atoms with E-state index in [0.29, 0.717) is 0 Å². The van der Waals surface area contributed by atoms with Gasteiger partial charge in [-0.05, 0) is 61.9 Å². The smallest absolute Gasteiger partial charge is 0.175 e. The van der Waals surface area contributed by atoms with Gasteiger partial charge >= 0.3 is 0 Å². The molecule has 0 aliphatic heterocycles. The van der Waals surface area contributed by atoms with Gasteiger partial charge in [-0.15, -0.1) is 0 Å². The van der Waals surface area contributed by atoms with Crippen LogP contribution in [-0.2, 0) is 0 Å². The molecule has 0 amide bonds. The van der Waals surface area contributed by atoms with Gasteiger partial charge in [0.2, 0.25) is 0 Å². The van der Waals surface area contributed by atoms with Gasteiger partial charge in [-0.2, -0.15) is 0 Å². The second kappa shape index (κ2) is 5.10. The molecule has 0 N–H and O–H groups in total. The molecular formula is C9H27N4PSi. The first-order chi connectivity index (χ1) is 6.54.